The number of aryl methyl sites for hydroxylation is 1. The number of nitrogens with zero attached hydrogens (tertiary/aromatic N) is 3. The monoisotopic (exact) mass is 299 g/mol. The maximum absolute atomic E-state index is 11.8. The molecule has 2 heterocycles. The van der Waals surface area contributed by atoms with Gasteiger partial charge < -0.3 is 15.6 Å². The average molecular weight is 299 g/mol. The van der Waals surface area contributed by atoms with Gasteiger partial charge in [0.2, 0.25) is 5.91 Å². The Morgan fingerprint density at radius 3 is 2.82 bits per heavy atom. The summed E-state index contributed by atoms with van der Waals surface area (Å²) in [5.74, 6) is 1.81. The van der Waals surface area contributed by atoms with Crippen molar-refractivity contribution in [1.29, 1.82) is 0 Å². The number of nitrogens with two attached hydrogens (primary N) is 1. The van der Waals surface area contributed by atoms with E-state index in [9.17, 15) is 4.79 Å². The minimum atomic E-state index is -0.469. The van der Waals surface area contributed by atoms with Gasteiger partial charge in [0.1, 0.15) is 5.82 Å². The molecule has 1 aromatic heterocycles. The van der Waals surface area contributed by atoms with Crippen LogP contribution in [0.15, 0.2) is 24.3 Å². The zero-order valence-corrected chi connectivity index (χ0v) is 12.7. The van der Waals surface area contributed by atoms with E-state index in [4.69, 9.17) is 5.73 Å². The molecule has 1 aliphatic rings. The summed E-state index contributed by atoms with van der Waals surface area (Å²) in [7, 11) is 0. The Morgan fingerprint density at radius 1 is 1.32 bits per heavy atom. The third-order valence-corrected chi connectivity index (χ3v) is 4.05. The maximum Gasteiger partial charge on any atom is 0.241 e. The molecule has 1 atom stereocenters. The smallest absolute Gasteiger partial charge is 0.241 e. The molecule has 0 unspecified atom stereocenters. The first kappa shape index (κ1) is 14.7. The average Bonchev–Trinajstić information content (AvgIpc) is 2.99. The minimum Gasteiger partial charge on any atom is -0.325 e. The van der Waals surface area contributed by atoms with Crippen LogP contribution >= 0.6 is 0 Å². The molecule has 116 valence electrons. The highest BCUT2D eigenvalue weighted by atomic mass is 16.2. The fourth-order valence-electron chi connectivity index (χ4n) is 2.64. The van der Waals surface area contributed by atoms with Crippen LogP contribution in [0, 0.1) is 0 Å². The normalized spacial score (nSPS) is 15.2. The lowest BCUT2D eigenvalue weighted by molar-refractivity contribution is -0.117. The molecule has 3 N–H and O–H groups in total. The molecule has 1 aromatic carbocycles. The van der Waals surface area contributed by atoms with Gasteiger partial charge in [-0.3, -0.25) is 4.79 Å². The summed E-state index contributed by atoms with van der Waals surface area (Å²) < 4.78 is 2.18. The lowest BCUT2D eigenvalue weighted by atomic mass is 10.1. The van der Waals surface area contributed by atoms with Crippen LogP contribution in [0.2, 0.25) is 0 Å². The summed E-state index contributed by atoms with van der Waals surface area (Å²) in [6.45, 7) is 2.86. The molecule has 2 aromatic rings. The number of rotatable bonds is 4. The molecule has 3 rings (SSSR count). The van der Waals surface area contributed by atoms with Crippen molar-refractivity contribution in [2.24, 2.45) is 5.73 Å². The molecule has 1 amide bonds. The molecule has 22 heavy (non-hydrogen) atoms. The summed E-state index contributed by atoms with van der Waals surface area (Å²) in [6, 6.07) is 7.20. The van der Waals surface area contributed by atoms with Gasteiger partial charge in [0.25, 0.3) is 0 Å². The predicted octanol–water partition coefficient (Wildman–Crippen LogP) is 1.96. The number of aromatic nitrogens is 3. The molecular weight excluding hydrogens is 278 g/mol. The molecule has 6 nitrogen and oxygen atoms in total. The number of anilines is 1. The van der Waals surface area contributed by atoms with Crippen molar-refractivity contribution >= 4 is 11.6 Å². The number of carbonyl (C=O) groups excluding carboxylic acids is 1. The van der Waals surface area contributed by atoms with E-state index >= 15 is 0 Å². The van der Waals surface area contributed by atoms with Crippen molar-refractivity contribution < 1.29 is 4.79 Å². The SMILES string of the molecule is CC[C@H](N)C(=O)Nc1ccc(-c2nnc3n2CCCC3)cc1. The molecule has 0 aliphatic carbocycles. The summed E-state index contributed by atoms with van der Waals surface area (Å²) in [4.78, 5) is 11.8. The van der Waals surface area contributed by atoms with E-state index in [1.165, 1.54) is 12.8 Å². The van der Waals surface area contributed by atoms with E-state index < -0.39 is 6.04 Å². The van der Waals surface area contributed by atoms with Gasteiger partial charge in [-0.25, -0.2) is 0 Å². The lowest BCUT2D eigenvalue weighted by Gasteiger charge is -2.15. The summed E-state index contributed by atoms with van der Waals surface area (Å²) in [5, 5.41) is 11.4. The lowest BCUT2D eigenvalue weighted by Crippen LogP contribution is -2.34. The van der Waals surface area contributed by atoms with Crippen molar-refractivity contribution in [1.82, 2.24) is 14.8 Å². The van der Waals surface area contributed by atoms with Crippen LogP contribution in [0.4, 0.5) is 5.69 Å². The van der Waals surface area contributed by atoms with Crippen molar-refractivity contribution in [3.05, 3.63) is 30.1 Å². The van der Waals surface area contributed by atoms with Crippen molar-refractivity contribution in [3.8, 4) is 11.4 Å². The van der Waals surface area contributed by atoms with Gasteiger partial charge in [-0.1, -0.05) is 6.92 Å². The van der Waals surface area contributed by atoms with Gasteiger partial charge in [-0.2, -0.15) is 0 Å². The Balaban J connectivity index is 1.77. The van der Waals surface area contributed by atoms with E-state index in [1.807, 2.05) is 31.2 Å². The molecule has 1 aliphatic heterocycles. The van der Waals surface area contributed by atoms with E-state index in [0.29, 0.717) is 6.42 Å². The Labute approximate surface area is 129 Å². The first-order valence-electron chi connectivity index (χ1n) is 7.78. The number of benzene rings is 1. The van der Waals surface area contributed by atoms with Gasteiger partial charge in [0.15, 0.2) is 5.82 Å². The second kappa shape index (κ2) is 6.27. The zero-order valence-electron chi connectivity index (χ0n) is 12.7. The Hall–Kier alpha value is -2.21. The van der Waals surface area contributed by atoms with Crippen molar-refractivity contribution in [3.63, 3.8) is 0 Å². The fraction of sp³-hybridized carbons (Fsp3) is 0.438. The molecule has 0 saturated heterocycles. The highest BCUT2D eigenvalue weighted by Gasteiger charge is 2.17. The Bertz CT molecular complexity index is 662. The number of nitrogens with one attached hydrogen (secondary N) is 1. The number of amides is 1. The molecule has 0 bridgehead atoms. The number of fused-ring (bicyclic) bond motifs is 1. The Kier molecular flexibility index (Phi) is 4.20. The molecule has 6 heteroatoms. The molecule has 0 saturated carbocycles. The standard InChI is InChI=1S/C16H21N5O/c1-2-13(17)16(22)18-12-8-6-11(7-9-12)15-20-19-14-5-3-4-10-21(14)15/h6-9,13H,2-5,10,17H2,1H3,(H,18,22)/t13-/m0/s1. The molecular formula is C16H21N5O. The van der Waals surface area contributed by atoms with E-state index in [0.717, 1.165) is 35.9 Å². The van der Waals surface area contributed by atoms with Gasteiger partial charge in [-0.05, 0) is 43.5 Å². The third kappa shape index (κ3) is 2.87. The summed E-state index contributed by atoms with van der Waals surface area (Å²) in [6.07, 6.45) is 3.97. The van der Waals surface area contributed by atoms with Crippen LogP contribution in [0.25, 0.3) is 11.4 Å². The van der Waals surface area contributed by atoms with Gasteiger partial charge in [0.05, 0.1) is 6.04 Å². The number of hydrogen-bond acceptors (Lipinski definition) is 4. The maximum atomic E-state index is 11.8. The highest BCUT2D eigenvalue weighted by molar-refractivity contribution is 5.94. The van der Waals surface area contributed by atoms with Crippen LogP contribution in [-0.2, 0) is 17.8 Å². The van der Waals surface area contributed by atoms with Crippen LogP contribution in [0.1, 0.15) is 32.0 Å². The molecule has 0 spiro atoms. The van der Waals surface area contributed by atoms with E-state index in [2.05, 4.69) is 20.1 Å². The van der Waals surface area contributed by atoms with Crippen LogP contribution in [-0.4, -0.2) is 26.7 Å². The first-order chi connectivity index (χ1) is 10.7. The first-order valence-corrected chi connectivity index (χ1v) is 7.78. The van der Waals surface area contributed by atoms with Gasteiger partial charge in [0, 0.05) is 24.2 Å². The summed E-state index contributed by atoms with van der Waals surface area (Å²) in [5.41, 5.74) is 7.47. The molecule has 0 radical (unpaired) electrons. The number of hydrogen-bond donors (Lipinski definition) is 2. The second-order valence-corrected chi connectivity index (χ2v) is 5.63. The van der Waals surface area contributed by atoms with E-state index in [1.54, 1.807) is 0 Å². The quantitative estimate of drug-likeness (QED) is 0.903. The molecule has 0 fully saturated rings. The van der Waals surface area contributed by atoms with Gasteiger partial charge >= 0.3 is 0 Å². The summed E-state index contributed by atoms with van der Waals surface area (Å²) >= 11 is 0. The van der Waals surface area contributed by atoms with Crippen LogP contribution in [0.3, 0.4) is 0 Å². The zero-order chi connectivity index (χ0) is 15.5. The third-order valence-electron chi connectivity index (χ3n) is 4.05. The van der Waals surface area contributed by atoms with Crippen molar-refractivity contribution in [2.75, 3.05) is 5.32 Å². The van der Waals surface area contributed by atoms with Gasteiger partial charge in [-0.15, -0.1) is 10.2 Å². The Morgan fingerprint density at radius 2 is 2.09 bits per heavy atom. The number of carbonyl (C=O) groups is 1. The minimum absolute atomic E-state index is 0.157. The highest BCUT2D eigenvalue weighted by Crippen LogP contribution is 2.24. The van der Waals surface area contributed by atoms with Crippen molar-refractivity contribution in [2.45, 2.75) is 45.2 Å². The largest absolute Gasteiger partial charge is 0.325 e. The van der Waals surface area contributed by atoms with Crippen LogP contribution in [0.5, 0.6) is 0 Å². The van der Waals surface area contributed by atoms with E-state index in [-0.39, 0.29) is 5.91 Å². The fourth-order valence-corrected chi connectivity index (χ4v) is 2.64. The topological polar surface area (TPSA) is 85.8 Å². The second-order valence-electron chi connectivity index (χ2n) is 5.63. The van der Waals surface area contributed by atoms with Crippen LogP contribution < -0.4 is 11.1 Å². The predicted molar refractivity (Wildman–Crippen MR) is 85.3 cm³/mol.